The highest BCUT2D eigenvalue weighted by molar-refractivity contribution is 5.14. The lowest BCUT2D eigenvalue weighted by atomic mass is 10.0. The summed E-state index contributed by atoms with van der Waals surface area (Å²) in [6.07, 6.45) is 9.93. The molecule has 0 aromatic heterocycles. The zero-order valence-electron chi connectivity index (χ0n) is 8.89. The SMILES string of the molecule is C1=CCC(CNCc2ccccc2)C=C1. The summed E-state index contributed by atoms with van der Waals surface area (Å²) in [6.45, 7) is 2.03. The summed E-state index contributed by atoms with van der Waals surface area (Å²) in [7, 11) is 0. The molecular weight excluding hydrogens is 182 g/mol. The van der Waals surface area contributed by atoms with Crippen LogP contribution in [0.2, 0.25) is 0 Å². The number of benzene rings is 1. The van der Waals surface area contributed by atoms with Gasteiger partial charge in [0.15, 0.2) is 0 Å². The van der Waals surface area contributed by atoms with Gasteiger partial charge in [-0.3, -0.25) is 0 Å². The van der Waals surface area contributed by atoms with Crippen molar-refractivity contribution in [3.8, 4) is 0 Å². The van der Waals surface area contributed by atoms with Gasteiger partial charge < -0.3 is 5.32 Å². The summed E-state index contributed by atoms with van der Waals surface area (Å²) < 4.78 is 0. The summed E-state index contributed by atoms with van der Waals surface area (Å²) >= 11 is 0. The second-order valence-corrected chi connectivity index (χ2v) is 3.93. The molecule has 1 aromatic carbocycles. The van der Waals surface area contributed by atoms with Crippen LogP contribution in [-0.4, -0.2) is 6.54 Å². The van der Waals surface area contributed by atoms with Gasteiger partial charge in [-0.05, 0) is 17.9 Å². The van der Waals surface area contributed by atoms with Crippen LogP contribution < -0.4 is 5.32 Å². The van der Waals surface area contributed by atoms with Crippen molar-refractivity contribution in [3.63, 3.8) is 0 Å². The Balaban J connectivity index is 1.71. The maximum absolute atomic E-state index is 3.49. The van der Waals surface area contributed by atoms with Crippen LogP contribution in [-0.2, 0) is 6.54 Å². The third-order valence-corrected chi connectivity index (χ3v) is 2.65. The van der Waals surface area contributed by atoms with Gasteiger partial charge in [0.25, 0.3) is 0 Å². The van der Waals surface area contributed by atoms with Crippen molar-refractivity contribution in [2.45, 2.75) is 13.0 Å². The van der Waals surface area contributed by atoms with E-state index in [-0.39, 0.29) is 0 Å². The van der Waals surface area contributed by atoms with Crippen molar-refractivity contribution in [1.82, 2.24) is 5.32 Å². The molecule has 2 rings (SSSR count). The lowest BCUT2D eigenvalue weighted by molar-refractivity contribution is 0.559. The molecule has 0 amide bonds. The molecule has 1 N–H and O–H groups in total. The predicted octanol–water partition coefficient (Wildman–Crippen LogP) is 2.91. The third kappa shape index (κ3) is 3.37. The van der Waals surface area contributed by atoms with E-state index in [4.69, 9.17) is 0 Å². The summed E-state index contributed by atoms with van der Waals surface area (Å²) in [5, 5.41) is 3.49. The molecule has 0 bridgehead atoms. The molecule has 1 heteroatoms. The topological polar surface area (TPSA) is 12.0 Å². The van der Waals surface area contributed by atoms with Gasteiger partial charge in [0, 0.05) is 13.1 Å². The lowest BCUT2D eigenvalue weighted by Crippen LogP contribution is -2.21. The maximum atomic E-state index is 3.49. The van der Waals surface area contributed by atoms with E-state index < -0.39 is 0 Å². The monoisotopic (exact) mass is 199 g/mol. The minimum absolute atomic E-state index is 0.665. The number of nitrogens with one attached hydrogen (secondary N) is 1. The number of hydrogen-bond donors (Lipinski definition) is 1. The fourth-order valence-electron chi connectivity index (χ4n) is 1.78. The van der Waals surface area contributed by atoms with Crippen molar-refractivity contribution in [3.05, 3.63) is 60.2 Å². The summed E-state index contributed by atoms with van der Waals surface area (Å²) in [6, 6.07) is 10.5. The molecule has 1 unspecified atom stereocenters. The largest absolute Gasteiger partial charge is 0.312 e. The van der Waals surface area contributed by atoms with Crippen molar-refractivity contribution in [1.29, 1.82) is 0 Å². The number of hydrogen-bond acceptors (Lipinski definition) is 1. The standard InChI is InChI=1S/C14H17N/c1-3-7-13(8-4-1)11-15-12-14-9-5-2-6-10-14/h1-9,14-15H,10-12H2. The van der Waals surface area contributed by atoms with Gasteiger partial charge in [-0.2, -0.15) is 0 Å². The van der Waals surface area contributed by atoms with E-state index in [9.17, 15) is 0 Å². The van der Waals surface area contributed by atoms with Gasteiger partial charge in [-0.1, -0.05) is 54.6 Å². The Morgan fingerprint density at radius 1 is 1.13 bits per heavy atom. The Labute approximate surface area is 91.5 Å². The highest BCUT2D eigenvalue weighted by Gasteiger charge is 2.03. The van der Waals surface area contributed by atoms with E-state index in [1.807, 2.05) is 0 Å². The molecule has 0 spiro atoms. The fourth-order valence-corrected chi connectivity index (χ4v) is 1.78. The van der Waals surface area contributed by atoms with Crippen LogP contribution in [0.15, 0.2) is 54.6 Å². The van der Waals surface area contributed by atoms with Gasteiger partial charge in [0.05, 0.1) is 0 Å². The summed E-state index contributed by atoms with van der Waals surface area (Å²) in [5.74, 6) is 0.665. The molecule has 78 valence electrons. The van der Waals surface area contributed by atoms with Gasteiger partial charge in [-0.15, -0.1) is 0 Å². The van der Waals surface area contributed by atoms with Crippen molar-refractivity contribution in [2.24, 2.45) is 5.92 Å². The molecule has 0 aliphatic heterocycles. The molecule has 1 aromatic rings. The molecule has 0 saturated heterocycles. The highest BCUT2D eigenvalue weighted by atomic mass is 14.9. The molecule has 1 aliphatic rings. The van der Waals surface area contributed by atoms with E-state index in [0.29, 0.717) is 5.92 Å². The summed E-state index contributed by atoms with van der Waals surface area (Å²) in [4.78, 5) is 0. The van der Waals surface area contributed by atoms with Crippen molar-refractivity contribution in [2.75, 3.05) is 6.54 Å². The fraction of sp³-hybridized carbons (Fsp3) is 0.286. The van der Waals surface area contributed by atoms with Crippen LogP contribution in [0.4, 0.5) is 0 Å². The van der Waals surface area contributed by atoms with Gasteiger partial charge >= 0.3 is 0 Å². The van der Waals surface area contributed by atoms with E-state index in [1.54, 1.807) is 0 Å². The first-order chi connectivity index (χ1) is 7.45. The quantitative estimate of drug-likeness (QED) is 0.786. The van der Waals surface area contributed by atoms with E-state index >= 15 is 0 Å². The molecule has 1 nitrogen and oxygen atoms in total. The lowest BCUT2D eigenvalue weighted by Gasteiger charge is -2.13. The van der Waals surface area contributed by atoms with Crippen molar-refractivity contribution < 1.29 is 0 Å². The van der Waals surface area contributed by atoms with Crippen LogP contribution in [0.25, 0.3) is 0 Å². The van der Waals surface area contributed by atoms with Gasteiger partial charge in [-0.25, -0.2) is 0 Å². The van der Waals surface area contributed by atoms with E-state index in [0.717, 1.165) is 19.5 Å². The Morgan fingerprint density at radius 2 is 2.00 bits per heavy atom. The molecule has 0 heterocycles. The van der Waals surface area contributed by atoms with Crippen LogP contribution in [0.3, 0.4) is 0 Å². The van der Waals surface area contributed by atoms with Gasteiger partial charge in [0.1, 0.15) is 0 Å². The molecule has 0 radical (unpaired) electrons. The molecule has 0 saturated carbocycles. The third-order valence-electron chi connectivity index (χ3n) is 2.65. The van der Waals surface area contributed by atoms with Crippen LogP contribution in [0, 0.1) is 5.92 Å². The minimum atomic E-state index is 0.665. The molecular formula is C14H17N. The normalized spacial score (nSPS) is 19.3. The average Bonchev–Trinajstić information content (AvgIpc) is 2.32. The Hall–Kier alpha value is -1.34. The number of rotatable bonds is 4. The second kappa shape index (κ2) is 5.52. The Morgan fingerprint density at radius 3 is 2.73 bits per heavy atom. The summed E-state index contributed by atoms with van der Waals surface area (Å²) in [5.41, 5.74) is 1.35. The van der Waals surface area contributed by atoms with Gasteiger partial charge in [0.2, 0.25) is 0 Å². The predicted molar refractivity (Wildman–Crippen MR) is 64.5 cm³/mol. The first-order valence-corrected chi connectivity index (χ1v) is 5.53. The first-order valence-electron chi connectivity index (χ1n) is 5.53. The average molecular weight is 199 g/mol. The molecule has 15 heavy (non-hydrogen) atoms. The zero-order valence-corrected chi connectivity index (χ0v) is 8.89. The molecule has 0 fully saturated rings. The minimum Gasteiger partial charge on any atom is -0.312 e. The number of allylic oxidation sites excluding steroid dienone is 3. The van der Waals surface area contributed by atoms with Crippen LogP contribution in [0.5, 0.6) is 0 Å². The molecule has 1 aliphatic carbocycles. The van der Waals surface area contributed by atoms with Crippen molar-refractivity contribution >= 4 is 0 Å². The van der Waals surface area contributed by atoms with Crippen LogP contribution >= 0.6 is 0 Å². The van der Waals surface area contributed by atoms with Crippen LogP contribution in [0.1, 0.15) is 12.0 Å². The first kappa shape index (κ1) is 10.2. The Kier molecular flexibility index (Phi) is 3.75. The smallest absolute Gasteiger partial charge is 0.0205 e. The Bertz CT molecular complexity index is 338. The maximum Gasteiger partial charge on any atom is 0.0205 e. The highest BCUT2D eigenvalue weighted by Crippen LogP contribution is 2.10. The molecule has 1 atom stereocenters. The van der Waals surface area contributed by atoms with E-state index in [2.05, 4.69) is 60.0 Å². The zero-order chi connectivity index (χ0) is 10.3. The van der Waals surface area contributed by atoms with E-state index in [1.165, 1.54) is 5.56 Å². The second-order valence-electron chi connectivity index (χ2n) is 3.93.